The molecule has 1 aliphatic heterocycles. The van der Waals surface area contributed by atoms with Crippen LogP contribution in [0.25, 0.3) is 10.6 Å². The fourth-order valence-electron chi connectivity index (χ4n) is 1.69. The van der Waals surface area contributed by atoms with E-state index >= 15 is 0 Å². The molecule has 2 nitrogen and oxygen atoms in total. The smallest absolute Gasteiger partial charge is 0.123 e. The molecule has 1 aromatic heterocycles. The molecule has 0 radical (unpaired) electrons. The third-order valence-electron chi connectivity index (χ3n) is 2.70. The van der Waals surface area contributed by atoms with E-state index in [1.54, 1.807) is 11.3 Å². The second-order valence-electron chi connectivity index (χ2n) is 3.69. The summed E-state index contributed by atoms with van der Waals surface area (Å²) in [5.74, 6) is 0.607. The highest BCUT2D eigenvalue weighted by molar-refractivity contribution is 7.13. The summed E-state index contributed by atoms with van der Waals surface area (Å²) in [6.45, 7) is 1.74. The molecule has 1 fully saturated rings. The van der Waals surface area contributed by atoms with Gasteiger partial charge in [-0.2, -0.15) is 0 Å². The van der Waals surface area contributed by atoms with Gasteiger partial charge in [-0.25, -0.2) is 4.98 Å². The zero-order valence-corrected chi connectivity index (χ0v) is 9.04. The third-order valence-corrected chi connectivity index (χ3v) is 3.52. The lowest BCUT2D eigenvalue weighted by Crippen LogP contribution is -2.24. The van der Waals surface area contributed by atoms with E-state index in [1.165, 1.54) is 11.1 Å². The minimum absolute atomic E-state index is 0.607. The summed E-state index contributed by atoms with van der Waals surface area (Å²) in [6.07, 6.45) is 1.84. The van der Waals surface area contributed by atoms with Crippen LogP contribution in [0.15, 0.2) is 35.8 Å². The number of hydrogen-bond donors (Lipinski definition) is 0. The highest BCUT2D eigenvalue weighted by atomic mass is 32.1. The molecule has 0 saturated carbocycles. The van der Waals surface area contributed by atoms with Crippen molar-refractivity contribution >= 4 is 11.3 Å². The maximum absolute atomic E-state index is 5.18. The molecule has 0 bridgehead atoms. The summed E-state index contributed by atoms with van der Waals surface area (Å²) in [6, 6.07) is 8.66. The van der Waals surface area contributed by atoms with Crippen molar-refractivity contribution in [1.29, 1.82) is 0 Å². The molecule has 1 aromatic carbocycles. The van der Waals surface area contributed by atoms with Gasteiger partial charge in [0.25, 0.3) is 0 Å². The van der Waals surface area contributed by atoms with Crippen molar-refractivity contribution in [2.75, 3.05) is 13.2 Å². The van der Waals surface area contributed by atoms with Gasteiger partial charge in [-0.15, -0.1) is 11.3 Å². The highest BCUT2D eigenvalue weighted by Gasteiger charge is 2.20. The molecule has 76 valence electrons. The number of nitrogens with zero attached hydrogens (tertiary/aromatic N) is 1. The Hall–Kier alpha value is -1.19. The van der Waals surface area contributed by atoms with Crippen LogP contribution in [0.4, 0.5) is 0 Å². The van der Waals surface area contributed by atoms with Gasteiger partial charge in [0.1, 0.15) is 5.01 Å². The van der Waals surface area contributed by atoms with Crippen molar-refractivity contribution < 1.29 is 4.74 Å². The SMILES string of the molecule is c1csc(-c2ccc(C3COC3)cc2)n1. The zero-order valence-electron chi connectivity index (χ0n) is 8.22. The van der Waals surface area contributed by atoms with Gasteiger partial charge < -0.3 is 4.74 Å². The fraction of sp³-hybridized carbons (Fsp3) is 0.250. The maximum Gasteiger partial charge on any atom is 0.123 e. The molecule has 2 aromatic rings. The molecule has 1 saturated heterocycles. The summed E-state index contributed by atoms with van der Waals surface area (Å²) in [7, 11) is 0. The van der Waals surface area contributed by atoms with Gasteiger partial charge in [0.15, 0.2) is 0 Å². The van der Waals surface area contributed by atoms with E-state index < -0.39 is 0 Å². The topological polar surface area (TPSA) is 22.1 Å². The first kappa shape index (κ1) is 9.07. The van der Waals surface area contributed by atoms with Gasteiger partial charge in [-0.3, -0.25) is 0 Å². The number of hydrogen-bond acceptors (Lipinski definition) is 3. The van der Waals surface area contributed by atoms with Gasteiger partial charge >= 0.3 is 0 Å². The molecule has 3 rings (SSSR count). The number of ether oxygens (including phenoxy) is 1. The lowest BCUT2D eigenvalue weighted by Gasteiger charge is -2.26. The lowest BCUT2D eigenvalue weighted by molar-refractivity contribution is 0.00843. The normalized spacial score (nSPS) is 16.3. The Balaban J connectivity index is 1.87. The van der Waals surface area contributed by atoms with E-state index in [0.717, 1.165) is 18.2 Å². The molecule has 2 heterocycles. The van der Waals surface area contributed by atoms with E-state index in [1.807, 2.05) is 11.6 Å². The molecular weight excluding hydrogens is 206 g/mol. The molecule has 1 aliphatic rings. The Labute approximate surface area is 92.6 Å². The summed E-state index contributed by atoms with van der Waals surface area (Å²) in [5.41, 5.74) is 2.58. The number of benzene rings is 1. The predicted molar refractivity (Wildman–Crippen MR) is 61.1 cm³/mol. The minimum atomic E-state index is 0.607. The Morgan fingerprint density at radius 1 is 1.20 bits per heavy atom. The monoisotopic (exact) mass is 217 g/mol. The van der Waals surface area contributed by atoms with Crippen molar-refractivity contribution in [3.8, 4) is 10.6 Å². The van der Waals surface area contributed by atoms with Crippen molar-refractivity contribution in [1.82, 2.24) is 4.98 Å². The minimum Gasteiger partial charge on any atom is -0.380 e. The van der Waals surface area contributed by atoms with Crippen molar-refractivity contribution in [3.05, 3.63) is 41.4 Å². The number of rotatable bonds is 2. The number of thiazole rings is 1. The van der Waals surface area contributed by atoms with Gasteiger partial charge in [0, 0.05) is 23.1 Å². The lowest BCUT2D eigenvalue weighted by atomic mass is 9.97. The van der Waals surface area contributed by atoms with Crippen LogP contribution in [0, 0.1) is 0 Å². The van der Waals surface area contributed by atoms with E-state index in [-0.39, 0.29) is 0 Å². The van der Waals surface area contributed by atoms with Gasteiger partial charge in [0.2, 0.25) is 0 Å². The highest BCUT2D eigenvalue weighted by Crippen LogP contribution is 2.27. The first-order chi connectivity index (χ1) is 7.43. The fourth-order valence-corrected chi connectivity index (χ4v) is 2.34. The number of aromatic nitrogens is 1. The van der Waals surface area contributed by atoms with Crippen LogP contribution in [0.1, 0.15) is 11.5 Å². The quantitative estimate of drug-likeness (QED) is 0.771. The Morgan fingerprint density at radius 2 is 2.00 bits per heavy atom. The van der Waals surface area contributed by atoms with Crippen molar-refractivity contribution in [2.45, 2.75) is 5.92 Å². The first-order valence-corrected chi connectivity index (χ1v) is 5.89. The van der Waals surface area contributed by atoms with Crippen LogP contribution in [-0.4, -0.2) is 18.2 Å². The second kappa shape index (κ2) is 3.76. The Bertz CT molecular complexity index is 431. The second-order valence-corrected chi connectivity index (χ2v) is 4.59. The summed E-state index contributed by atoms with van der Waals surface area (Å²) in [4.78, 5) is 4.29. The Kier molecular flexibility index (Phi) is 2.27. The maximum atomic E-state index is 5.18. The standard InChI is InChI=1S/C12H11NOS/c1-3-10(12-13-5-6-15-12)4-2-9(1)11-7-14-8-11/h1-6,11H,7-8H2. The summed E-state index contributed by atoms with van der Waals surface area (Å²) >= 11 is 1.67. The molecule has 3 heteroatoms. The first-order valence-electron chi connectivity index (χ1n) is 5.01. The average Bonchev–Trinajstić information content (AvgIpc) is 2.69. The van der Waals surface area contributed by atoms with E-state index in [0.29, 0.717) is 5.92 Å². The van der Waals surface area contributed by atoms with E-state index in [4.69, 9.17) is 4.74 Å². The molecule has 0 N–H and O–H groups in total. The summed E-state index contributed by atoms with van der Waals surface area (Å²) < 4.78 is 5.18. The van der Waals surface area contributed by atoms with Gasteiger partial charge in [-0.1, -0.05) is 24.3 Å². The van der Waals surface area contributed by atoms with E-state index in [2.05, 4.69) is 29.2 Å². The average molecular weight is 217 g/mol. The molecule has 0 amide bonds. The van der Waals surface area contributed by atoms with Crippen molar-refractivity contribution in [2.24, 2.45) is 0 Å². The molecule has 0 spiro atoms. The van der Waals surface area contributed by atoms with Crippen molar-refractivity contribution in [3.63, 3.8) is 0 Å². The van der Waals surface area contributed by atoms with Crippen LogP contribution < -0.4 is 0 Å². The Morgan fingerprint density at radius 3 is 2.53 bits per heavy atom. The van der Waals surface area contributed by atoms with E-state index in [9.17, 15) is 0 Å². The van der Waals surface area contributed by atoms with Crippen LogP contribution in [0.2, 0.25) is 0 Å². The molecule has 0 unspecified atom stereocenters. The third kappa shape index (κ3) is 1.68. The molecular formula is C12H11NOS. The predicted octanol–water partition coefficient (Wildman–Crippen LogP) is 2.92. The van der Waals surface area contributed by atoms with Crippen LogP contribution in [0.3, 0.4) is 0 Å². The summed E-state index contributed by atoms with van der Waals surface area (Å²) in [5, 5.41) is 3.09. The van der Waals surface area contributed by atoms with Crippen LogP contribution in [-0.2, 0) is 4.74 Å². The van der Waals surface area contributed by atoms with Crippen LogP contribution in [0.5, 0.6) is 0 Å². The molecule has 0 atom stereocenters. The van der Waals surface area contributed by atoms with Gasteiger partial charge in [-0.05, 0) is 5.56 Å². The largest absolute Gasteiger partial charge is 0.380 e. The van der Waals surface area contributed by atoms with Crippen LogP contribution >= 0.6 is 11.3 Å². The zero-order chi connectivity index (χ0) is 10.1. The molecule has 15 heavy (non-hydrogen) atoms. The molecule has 0 aliphatic carbocycles. The van der Waals surface area contributed by atoms with Gasteiger partial charge in [0.05, 0.1) is 13.2 Å².